The summed E-state index contributed by atoms with van der Waals surface area (Å²) in [5, 5.41) is 0. The quantitative estimate of drug-likeness (QED) is 0.925. The van der Waals surface area contributed by atoms with E-state index in [-0.39, 0.29) is 5.41 Å². The first-order valence-corrected chi connectivity index (χ1v) is 7.06. The standard InChI is InChI=1S/C17H23N3/c1-12-7-5-6-8-14(12)15-11-13(2)19-16(20-15)17(3,4)9-10-18/h5-8,11H,9-10,18H2,1-4H3. The van der Waals surface area contributed by atoms with Crippen molar-refractivity contribution >= 4 is 0 Å². The van der Waals surface area contributed by atoms with E-state index in [0.717, 1.165) is 23.6 Å². The summed E-state index contributed by atoms with van der Waals surface area (Å²) in [4.78, 5) is 9.40. The summed E-state index contributed by atoms with van der Waals surface area (Å²) >= 11 is 0. The molecule has 0 amide bonds. The molecular weight excluding hydrogens is 246 g/mol. The Morgan fingerprint density at radius 1 is 1.10 bits per heavy atom. The molecule has 2 rings (SSSR count). The summed E-state index contributed by atoms with van der Waals surface area (Å²) in [7, 11) is 0. The normalized spacial score (nSPS) is 11.7. The third-order valence-electron chi connectivity index (χ3n) is 3.65. The van der Waals surface area contributed by atoms with Crippen LogP contribution < -0.4 is 5.73 Å². The molecule has 20 heavy (non-hydrogen) atoms. The lowest BCUT2D eigenvalue weighted by Crippen LogP contribution is -2.25. The van der Waals surface area contributed by atoms with E-state index >= 15 is 0 Å². The van der Waals surface area contributed by atoms with Crippen molar-refractivity contribution < 1.29 is 0 Å². The third kappa shape index (κ3) is 3.05. The van der Waals surface area contributed by atoms with Crippen LogP contribution in [0.3, 0.4) is 0 Å². The van der Waals surface area contributed by atoms with E-state index in [2.05, 4.69) is 37.9 Å². The monoisotopic (exact) mass is 269 g/mol. The molecule has 0 atom stereocenters. The number of hydrogen-bond acceptors (Lipinski definition) is 3. The maximum absolute atomic E-state index is 5.71. The fourth-order valence-corrected chi connectivity index (χ4v) is 2.34. The minimum atomic E-state index is -0.0990. The Morgan fingerprint density at radius 3 is 2.45 bits per heavy atom. The number of nitrogens with two attached hydrogens (primary N) is 1. The Labute approximate surface area is 121 Å². The Kier molecular flexibility index (Phi) is 4.19. The molecule has 0 aliphatic heterocycles. The Morgan fingerprint density at radius 2 is 1.80 bits per heavy atom. The Balaban J connectivity index is 2.52. The lowest BCUT2D eigenvalue weighted by molar-refractivity contribution is 0.456. The largest absolute Gasteiger partial charge is 0.330 e. The molecule has 0 aliphatic carbocycles. The van der Waals surface area contributed by atoms with Crippen molar-refractivity contribution in [3.63, 3.8) is 0 Å². The van der Waals surface area contributed by atoms with Crippen LogP contribution in [-0.2, 0) is 5.41 Å². The topological polar surface area (TPSA) is 51.8 Å². The highest BCUT2D eigenvalue weighted by Crippen LogP contribution is 2.27. The molecule has 1 aromatic carbocycles. The van der Waals surface area contributed by atoms with Crippen LogP contribution in [0.25, 0.3) is 11.3 Å². The van der Waals surface area contributed by atoms with Crippen LogP contribution in [0.15, 0.2) is 30.3 Å². The first kappa shape index (κ1) is 14.7. The predicted molar refractivity (Wildman–Crippen MR) is 83.6 cm³/mol. The first-order chi connectivity index (χ1) is 9.44. The summed E-state index contributed by atoms with van der Waals surface area (Å²) in [6, 6.07) is 10.4. The van der Waals surface area contributed by atoms with Crippen molar-refractivity contribution in [3.05, 3.63) is 47.4 Å². The minimum Gasteiger partial charge on any atom is -0.330 e. The average Bonchev–Trinajstić information content (AvgIpc) is 2.38. The van der Waals surface area contributed by atoms with E-state index in [1.54, 1.807) is 0 Å². The molecule has 1 heterocycles. The average molecular weight is 269 g/mol. The van der Waals surface area contributed by atoms with E-state index in [1.165, 1.54) is 11.1 Å². The zero-order valence-corrected chi connectivity index (χ0v) is 12.8. The van der Waals surface area contributed by atoms with E-state index < -0.39 is 0 Å². The van der Waals surface area contributed by atoms with Gasteiger partial charge in [0.15, 0.2) is 0 Å². The zero-order valence-electron chi connectivity index (χ0n) is 12.8. The number of aryl methyl sites for hydroxylation is 2. The van der Waals surface area contributed by atoms with Crippen molar-refractivity contribution in [1.82, 2.24) is 9.97 Å². The smallest absolute Gasteiger partial charge is 0.134 e. The van der Waals surface area contributed by atoms with Crippen LogP contribution in [0.5, 0.6) is 0 Å². The summed E-state index contributed by atoms with van der Waals surface area (Å²) in [5.74, 6) is 0.876. The number of benzene rings is 1. The molecule has 2 N–H and O–H groups in total. The number of nitrogens with zero attached hydrogens (tertiary/aromatic N) is 2. The molecule has 0 saturated carbocycles. The van der Waals surface area contributed by atoms with E-state index in [9.17, 15) is 0 Å². The molecule has 0 spiro atoms. The lowest BCUT2D eigenvalue weighted by Gasteiger charge is -2.23. The van der Waals surface area contributed by atoms with Gasteiger partial charge in [0.1, 0.15) is 5.82 Å². The molecule has 106 valence electrons. The second-order valence-electron chi connectivity index (χ2n) is 5.96. The van der Waals surface area contributed by atoms with Crippen LogP contribution in [0.2, 0.25) is 0 Å². The van der Waals surface area contributed by atoms with Gasteiger partial charge in [-0.3, -0.25) is 0 Å². The second-order valence-corrected chi connectivity index (χ2v) is 5.96. The molecule has 3 nitrogen and oxygen atoms in total. The fourth-order valence-electron chi connectivity index (χ4n) is 2.34. The maximum atomic E-state index is 5.71. The van der Waals surface area contributed by atoms with Gasteiger partial charge in [-0.1, -0.05) is 38.1 Å². The van der Waals surface area contributed by atoms with Gasteiger partial charge in [-0.15, -0.1) is 0 Å². The van der Waals surface area contributed by atoms with Crippen LogP contribution in [0.1, 0.15) is 37.4 Å². The van der Waals surface area contributed by atoms with Crippen LogP contribution in [0.4, 0.5) is 0 Å². The van der Waals surface area contributed by atoms with E-state index in [4.69, 9.17) is 10.7 Å². The van der Waals surface area contributed by atoms with Crippen molar-refractivity contribution in [2.45, 2.75) is 39.5 Å². The Bertz CT molecular complexity index is 603. The minimum absolute atomic E-state index is 0.0990. The SMILES string of the molecule is Cc1cc(-c2ccccc2C)nc(C(C)(C)CCN)n1. The van der Waals surface area contributed by atoms with Gasteiger partial charge in [0.25, 0.3) is 0 Å². The molecule has 3 heteroatoms. The Hall–Kier alpha value is -1.74. The highest BCUT2D eigenvalue weighted by molar-refractivity contribution is 5.63. The van der Waals surface area contributed by atoms with Crippen molar-refractivity contribution in [2.24, 2.45) is 5.73 Å². The van der Waals surface area contributed by atoms with Gasteiger partial charge in [0, 0.05) is 16.7 Å². The molecule has 0 bridgehead atoms. The molecule has 2 aromatic rings. The maximum Gasteiger partial charge on any atom is 0.134 e. The summed E-state index contributed by atoms with van der Waals surface area (Å²) in [6.07, 6.45) is 0.879. The van der Waals surface area contributed by atoms with E-state index in [0.29, 0.717) is 6.54 Å². The van der Waals surface area contributed by atoms with Gasteiger partial charge < -0.3 is 5.73 Å². The molecule has 0 fully saturated rings. The van der Waals surface area contributed by atoms with Crippen molar-refractivity contribution in [1.29, 1.82) is 0 Å². The predicted octanol–water partition coefficient (Wildman–Crippen LogP) is 3.39. The van der Waals surface area contributed by atoms with Crippen LogP contribution in [-0.4, -0.2) is 16.5 Å². The highest BCUT2D eigenvalue weighted by atomic mass is 14.9. The van der Waals surface area contributed by atoms with E-state index in [1.807, 2.05) is 25.1 Å². The summed E-state index contributed by atoms with van der Waals surface area (Å²) < 4.78 is 0. The molecule has 0 aliphatic rings. The first-order valence-electron chi connectivity index (χ1n) is 7.06. The van der Waals surface area contributed by atoms with Gasteiger partial charge in [-0.25, -0.2) is 9.97 Å². The molecule has 0 unspecified atom stereocenters. The number of rotatable bonds is 4. The van der Waals surface area contributed by atoms with Crippen LogP contribution in [0, 0.1) is 13.8 Å². The van der Waals surface area contributed by atoms with Gasteiger partial charge in [-0.05, 0) is 38.4 Å². The van der Waals surface area contributed by atoms with Crippen molar-refractivity contribution in [3.8, 4) is 11.3 Å². The summed E-state index contributed by atoms with van der Waals surface area (Å²) in [5.41, 5.74) is 10.0. The second kappa shape index (κ2) is 5.71. The van der Waals surface area contributed by atoms with Gasteiger partial charge in [0.2, 0.25) is 0 Å². The lowest BCUT2D eigenvalue weighted by atomic mass is 9.88. The van der Waals surface area contributed by atoms with Gasteiger partial charge in [0.05, 0.1) is 5.69 Å². The highest BCUT2D eigenvalue weighted by Gasteiger charge is 2.24. The van der Waals surface area contributed by atoms with Crippen LogP contribution >= 0.6 is 0 Å². The van der Waals surface area contributed by atoms with Gasteiger partial charge >= 0.3 is 0 Å². The van der Waals surface area contributed by atoms with Gasteiger partial charge in [-0.2, -0.15) is 0 Å². The fraction of sp³-hybridized carbons (Fsp3) is 0.412. The zero-order chi connectivity index (χ0) is 14.8. The molecular formula is C17H23N3. The molecule has 1 aromatic heterocycles. The molecule has 0 saturated heterocycles. The number of aromatic nitrogens is 2. The van der Waals surface area contributed by atoms with Crippen molar-refractivity contribution in [2.75, 3.05) is 6.54 Å². The molecule has 0 radical (unpaired) electrons. The number of hydrogen-bond donors (Lipinski definition) is 1. The third-order valence-corrected chi connectivity index (χ3v) is 3.65. The summed E-state index contributed by atoms with van der Waals surface area (Å²) in [6.45, 7) is 9.07.